The molecule has 21 heavy (non-hydrogen) atoms. The van der Waals surface area contributed by atoms with Crippen LogP contribution in [0.2, 0.25) is 0 Å². The molecule has 0 unspecified atom stereocenters. The molecule has 0 fully saturated rings. The molecule has 0 aliphatic carbocycles. The number of rotatable bonds is 4. The SMILES string of the molecule is COc1ccccc1CN=C(N)c1ccc2nsnc2c1. The lowest BCUT2D eigenvalue weighted by Gasteiger charge is -2.06. The Morgan fingerprint density at radius 1 is 1.19 bits per heavy atom. The van der Waals surface area contributed by atoms with Gasteiger partial charge in [-0.3, -0.25) is 4.99 Å². The fraction of sp³-hybridized carbons (Fsp3) is 0.133. The summed E-state index contributed by atoms with van der Waals surface area (Å²) < 4.78 is 13.7. The number of benzene rings is 2. The van der Waals surface area contributed by atoms with Crippen molar-refractivity contribution >= 4 is 28.6 Å². The number of fused-ring (bicyclic) bond motifs is 1. The van der Waals surface area contributed by atoms with Crippen molar-refractivity contribution in [1.82, 2.24) is 8.75 Å². The molecule has 3 aromatic rings. The van der Waals surface area contributed by atoms with E-state index in [1.54, 1.807) is 7.11 Å². The van der Waals surface area contributed by atoms with Gasteiger partial charge in [0.25, 0.3) is 0 Å². The molecule has 5 nitrogen and oxygen atoms in total. The number of nitrogens with two attached hydrogens (primary N) is 1. The van der Waals surface area contributed by atoms with Crippen LogP contribution >= 0.6 is 11.7 Å². The maximum absolute atomic E-state index is 6.06. The van der Waals surface area contributed by atoms with E-state index >= 15 is 0 Å². The Bertz CT molecular complexity index is 797. The van der Waals surface area contributed by atoms with E-state index in [0.717, 1.165) is 27.9 Å². The number of hydrogen-bond donors (Lipinski definition) is 1. The largest absolute Gasteiger partial charge is 0.496 e. The normalized spacial score (nSPS) is 11.8. The number of aliphatic imine (C=N–C) groups is 1. The quantitative estimate of drug-likeness (QED) is 0.593. The predicted molar refractivity (Wildman–Crippen MR) is 84.8 cm³/mol. The summed E-state index contributed by atoms with van der Waals surface area (Å²) in [6.45, 7) is 0.475. The molecule has 1 heterocycles. The summed E-state index contributed by atoms with van der Waals surface area (Å²) in [6, 6.07) is 13.5. The first-order chi connectivity index (χ1) is 10.3. The zero-order chi connectivity index (χ0) is 14.7. The third kappa shape index (κ3) is 2.85. The predicted octanol–water partition coefficient (Wildman–Crippen LogP) is 2.61. The van der Waals surface area contributed by atoms with Crippen LogP contribution in [0.3, 0.4) is 0 Å². The monoisotopic (exact) mass is 298 g/mol. The minimum atomic E-state index is 0.475. The highest BCUT2D eigenvalue weighted by molar-refractivity contribution is 7.00. The maximum atomic E-state index is 6.06. The molecule has 0 aliphatic heterocycles. The lowest BCUT2D eigenvalue weighted by atomic mass is 10.1. The van der Waals surface area contributed by atoms with Gasteiger partial charge in [-0.15, -0.1) is 0 Å². The zero-order valence-electron chi connectivity index (χ0n) is 11.5. The lowest BCUT2D eigenvalue weighted by Crippen LogP contribution is -2.13. The van der Waals surface area contributed by atoms with Gasteiger partial charge in [-0.2, -0.15) is 8.75 Å². The zero-order valence-corrected chi connectivity index (χ0v) is 12.3. The van der Waals surface area contributed by atoms with E-state index in [2.05, 4.69) is 13.7 Å². The highest BCUT2D eigenvalue weighted by atomic mass is 32.1. The fourth-order valence-corrected chi connectivity index (χ4v) is 2.55. The van der Waals surface area contributed by atoms with Gasteiger partial charge in [-0.25, -0.2) is 0 Å². The van der Waals surface area contributed by atoms with Gasteiger partial charge in [0.1, 0.15) is 22.6 Å². The molecule has 0 atom stereocenters. The smallest absolute Gasteiger partial charge is 0.126 e. The Morgan fingerprint density at radius 3 is 2.86 bits per heavy atom. The van der Waals surface area contributed by atoms with Crippen molar-refractivity contribution in [2.45, 2.75) is 6.54 Å². The van der Waals surface area contributed by atoms with Crippen molar-refractivity contribution in [1.29, 1.82) is 0 Å². The van der Waals surface area contributed by atoms with Crippen molar-refractivity contribution in [3.63, 3.8) is 0 Å². The van der Waals surface area contributed by atoms with Gasteiger partial charge in [-0.1, -0.05) is 18.2 Å². The van der Waals surface area contributed by atoms with Crippen LogP contribution in [0.15, 0.2) is 47.5 Å². The molecule has 6 heteroatoms. The molecule has 2 aromatic carbocycles. The van der Waals surface area contributed by atoms with E-state index in [-0.39, 0.29) is 0 Å². The highest BCUT2D eigenvalue weighted by Gasteiger charge is 2.05. The van der Waals surface area contributed by atoms with Gasteiger partial charge in [0, 0.05) is 11.1 Å². The Morgan fingerprint density at radius 2 is 2.00 bits per heavy atom. The number of amidine groups is 1. The summed E-state index contributed by atoms with van der Waals surface area (Å²) in [5.41, 5.74) is 9.63. The standard InChI is InChI=1S/C15H14N4OS/c1-20-14-5-3-2-4-11(14)9-17-15(16)10-6-7-12-13(8-10)19-21-18-12/h2-8H,9H2,1H3,(H2,16,17). The Kier molecular flexibility index (Phi) is 3.79. The molecule has 0 bridgehead atoms. The summed E-state index contributed by atoms with van der Waals surface area (Å²) in [5, 5.41) is 0. The van der Waals surface area contributed by atoms with Crippen molar-refractivity contribution in [3.05, 3.63) is 53.6 Å². The average Bonchev–Trinajstić information content (AvgIpc) is 3.00. The van der Waals surface area contributed by atoms with Crippen LogP contribution in [0.1, 0.15) is 11.1 Å². The number of methoxy groups -OCH3 is 1. The summed E-state index contributed by atoms with van der Waals surface area (Å²) in [6.07, 6.45) is 0. The molecule has 0 saturated carbocycles. The van der Waals surface area contributed by atoms with Gasteiger partial charge >= 0.3 is 0 Å². The number of aromatic nitrogens is 2. The minimum Gasteiger partial charge on any atom is -0.496 e. The van der Waals surface area contributed by atoms with E-state index in [0.29, 0.717) is 12.4 Å². The van der Waals surface area contributed by atoms with Gasteiger partial charge in [0.05, 0.1) is 25.4 Å². The molecule has 0 aliphatic rings. The van der Waals surface area contributed by atoms with Crippen LogP contribution < -0.4 is 10.5 Å². The number of nitrogens with zero attached hydrogens (tertiary/aromatic N) is 3. The number of ether oxygens (including phenoxy) is 1. The topological polar surface area (TPSA) is 73.4 Å². The highest BCUT2D eigenvalue weighted by Crippen LogP contribution is 2.18. The van der Waals surface area contributed by atoms with Crippen LogP contribution in [0.5, 0.6) is 5.75 Å². The number of para-hydroxylation sites is 1. The molecule has 106 valence electrons. The van der Waals surface area contributed by atoms with Crippen LogP contribution in [-0.2, 0) is 6.54 Å². The van der Waals surface area contributed by atoms with Crippen LogP contribution in [-0.4, -0.2) is 21.7 Å². The molecule has 3 rings (SSSR count). The molecule has 0 saturated heterocycles. The first kappa shape index (κ1) is 13.5. The van der Waals surface area contributed by atoms with E-state index in [4.69, 9.17) is 10.5 Å². The van der Waals surface area contributed by atoms with E-state index in [1.165, 1.54) is 11.7 Å². The summed E-state index contributed by atoms with van der Waals surface area (Å²) in [4.78, 5) is 4.43. The van der Waals surface area contributed by atoms with Crippen molar-refractivity contribution in [2.24, 2.45) is 10.7 Å². The number of hydrogen-bond acceptors (Lipinski definition) is 5. The van der Waals surface area contributed by atoms with Crippen molar-refractivity contribution < 1.29 is 4.74 Å². The first-order valence-corrected chi connectivity index (χ1v) is 7.15. The first-order valence-electron chi connectivity index (χ1n) is 6.42. The summed E-state index contributed by atoms with van der Waals surface area (Å²) >= 11 is 1.19. The minimum absolute atomic E-state index is 0.475. The second-order valence-corrected chi connectivity index (χ2v) is 5.01. The second-order valence-electron chi connectivity index (χ2n) is 4.48. The van der Waals surface area contributed by atoms with Gasteiger partial charge in [0.15, 0.2) is 0 Å². The average molecular weight is 298 g/mol. The van der Waals surface area contributed by atoms with Crippen LogP contribution in [0.25, 0.3) is 11.0 Å². The Labute approximate surface area is 126 Å². The molecule has 2 N–H and O–H groups in total. The molecular formula is C15H14N4OS. The third-order valence-electron chi connectivity index (χ3n) is 3.16. The molecule has 0 amide bonds. The van der Waals surface area contributed by atoms with Gasteiger partial charge < -0.3 is 10.5 Å². The van der Waals surface area contributed by atoms with E-state index in [9.17, 15) is 0 Å². The van der Waals surface area contributed by atoms with E-state index < -0.39 is 0 Å². The molecule has 0 radical (unpaired) electrons. The Balaban J connectivity index is 1.85. The van der Waals surface area contributed by atoms with Gasteiger partial charge in [0.2, 0.25) is 0 Å². The third-order valence-corrected chi connectivity index (χ3v) is 3.72. The van der Waals surface area contributed by atoms with Crippen LogP contribution in [0.4, 0.5) is 0 Å². The molecular weight excluding hydrogens is 284 g/mol. The van der Waals surface area contributed by atoms with Gasteiger partial charge in [-0.05, 0) is 24.3 Å². The summed E-state index contributed by atoms with van der Waals surface area (Å²) in [7, 11) is 1.65. The Hall–Kier alpha value is -2.47. The molecule has 0 spiro atoms. The lowest BCUT2D eigenvalue weighted by molar-refractivity contribution is 0.410. The van der Waals surface area contributed by atoms with Crippen LogP contribution in [0, 0.1) is 0 Å². The van der Waals surface area contributed by atoms with Crippen molar-refractivity contribution in [3.8, 4) is 5.75 Å². The maximum Gasteiger partial charge on any atom is 0.126 e. The summed E-state index contributed by atoms with van der Waals surface area (Å²) in [5.74, 6) is 1.30. The fourth-order valence-electron chi connectivity index (χ4n) is 2.04. The van der Waals surface area contributed by atoms with E-state index in [1.807, 2.05) is 42.5 Å². The second kappa shape index (κ2) is 5.88. The molecule has 1 aromatic heterocycles. The van der Waals surface area contributed by atoms with Crippen molar-refractivity contribution in [2.75, 3.05) is 7.11 Å².